The zero-order chi connectivity index (χ0) is 9.80. The number of nitrogens with one attached hydrogen (secondary N) is 1. The number of hydrogen-bond donors (Lipinski definition) is 1. The number of ether oxygens (including phenoxy) is 2. The fourth-order valence-electron chi connectivity index (χ4n) is 1.92. The summed E-state index contributed by atoms with van der Waals surface area (Å²) in [6.07, 6.45) is 2.69. The Balaban J connectivity index is 0.00000112. The highest BCUT2D eigenvalue weighted by atomic mass is 35.5. The van der Waals surface area contributed by atoms with Crippen LogP contribution in [0.5, 0.6) is 0 Å². The smallest absolute Gasteiger partial charge is 0.309 e. The zero-order valence-corrected chi connectivity index (χ0v) is 9.55. The van der Waals surface area contributed by atoms with Crippen LogP contribution in [-0.4, -0.2) is 38.4 Å². The predicted molar refractivity (Wildman–Crippen MR) is 58.2 cm³/mol. The van der Waals surface area contributed by atoms with E-state index in [1.165, 1.54) is 0 Å². The lowest BCUT2D eigenvalue weighted by atomic mass is 10.0. The molecule has 1 atom stereocenters. The molecule has 0 saturated carbocycles. The highest BCUT2D eigenvalue weighted by Crippen LogP contribution is 2.18. The molecular weight excluding hydrogens is 218 g/mol. The van der Waals surface area contributed by atoms with Gasteiger partial charge in [0.1, 0.15) is 6.10 Å². The second kappa shape index (κ2) is 6.30. The molecule has 2 heterocycles. The Morgan fingerprint density at radius 2 is 2.00 bits per heavy atom. The number of rotatable bonds is 2. The maximum atomic E-state index is 11.6. The summed E-state index contributed by atoms with van der Waals surface area (Å²) in [5.41, 5.74) is 0. The summed E-state index contributed by atoms with van der Waals surface area (Å²) in [6.45, 7) is 3.17. The average Bonchev–Trinajstić information content (AvgIpc) is 2.72. The molecule has 0 aromatic carbocycles. The predicted octanol–water partition coefficient (Wildman–Crippen LogP) is 0.740. The van der Waals surface area contributed by atoms with Crippen molar-refractivity contribution in [2.24, 2.45) is 5.92 Å². The summed E-state index contributed by atoms with van der Waals surface area (Å²) < 4.78 is 10.6. The minimum absolute atomic E-state index is 0. The number of halogens is 1. The third kappa shape index (κ3) is 3.63. The van der Waals surface area contributed by atoms with Crippen molar-refractivity contribution in [3.05, 3.63) is 0 Å². The van der Waals surface area contributed by atoms with Gasteiger partial charge in [0.2, 0.25) is 0 Å². The number of esters is 1. The molecule has 2 aliphatic heterocycles. The molecule has 1 N–H and O–H groups in total. The molecule has 0 amide bonds. The van der Waals surface area contributed by atoms with Crippen molar-refractivity contribution >= 4 is 18.4 Å². The van der Waals surface area contributed by atoms with Crippen LogP contribution in [0.3, 0.4) is 0 Å². The van der Waals surface area contributed by atoms with E-state index in [-0.39, 0.29) is 30.4 Å². The van der Waals surface area contributed by atoms with Crippen LogP contribution in [0, 0.1) is 5.92 Å². The van der Waals surface area contributed by atoms with E-state index in [4.69, 9.17) is 9.47 Å². The quantitative estimate of drug-likeness (QED) is 0.718. The molecule has 0 spiro atoms. The Labute approximate surface area is 96.1 Å². The van der Waals surface area contributed by atoms with Gasteiger partial charge in [-0.05, 0) is 25.8 Å². The van der Waals surface area contributed by atoms with Crippen LogP contribution in [-0.2, 0) is 14.3 Å². The van der Waals surface area contributed by atoms with E-state index >= 15 is 0 Å². The van der Waals surface area contributed by atoms with Gasteiger partial charge in [-0.3, -0.25) is 4.79 Å². The number of hydrogen-bond acceptors (Lipinski definition) is 4. The average molecular weight is 236 g/mol. The maximum absolute atomic E-state index is 11.6. The minimum atomic E-state index is -0.0259. The van der Waals surface area contributed by atoms with Crippen molar-refractivity contribution in [3.8, 4) is 0 Å². The number of carbonyl (C=O) groups is 1. The standard InChI is InChI=1S/C10H17NO3.ClH/c12-10(8-2-5-13-6-3-8)14-9-1-4-11-7-9;/h8-9,11H,1-7H2;1H. The fourth-order valence-corrected chi connectivity index (χ4v) is 1.92. The molecule has 0 bridgehead atoms. The first kappa shape index (κ1) is 12.7. The van der Waals surface area contributed by atoms with E-state index in [9.17, 15) is 4.79 Å². The van der Waals surface area contributed by atoms with Crippen LogP contribution in [0.1, 0.15) is 19.3 Å². The molecule has 1 unspecified atom stereocenters. The lowest BCUT2D eigenvalue weighted by Crippen LogP contribution is -2.29. The molecule has 0 aromatic rings. The summed E-state index contributed by atoms with van der Waals surface area (Å²) in [6, 6.07) is 0. The summed E-state index contributed by atoms with van der Waals surface area (Å²) in [7, 11) is 0. The molecule has 2 rings (SSSR count). The maximum Gasteiger partial charge on any atom is 0.309 e. The van der Waals surface area contributed by atoms with Crippen molar-refractivity contribution in [1.82, 2.24) is 5.32 Å². The van der Waals surface area contributed by atoms with Crippen LogP contribution < -0.4 is 5.32 Å². The molecule has 0 radical (unpaired) electrons. The highest BCUT2D eigenvalue weighted by molar-refractivity contribution is 5.85. The van der Waals surface area contributed by atoms with Crippen LogP contribution >= 0.6 is 12.4 Å². The first-order valence-corrected chi connectivity index (χ1v) is 5.35. The third-order valence-corrected chi connectivity index (χ3v) is 2.85. The van der Waals surface area contributed by atoms with Gasteiger partial charge in [-0.2, -0.15) is 0 Å². The minimum Gasteiger partial charge on any atom is -0.461 e. The highest BCUT2D eigenvalue weighted by Gasteiger charge is 2.26. The van der Waals surface area contributed by atoms with Gasteiger partial charge < -0.3 is 14.8 Å². The van der Waals surface area contributed by atoms with E-state index in [1.54, 1.807) is 0 Å². The fraction of sp³-hybridized carbons (Fsp3) is 0.900. The lowest BCUT2D eigenvalue weighted by Gasteiger charge is -2.22. The summed E-state index contributed by atoms with van der Waals surface area (Å²) in [5, 5.41) is 3.18. The molecule has 5 heteroatoms. The normalized spacial score (nSPS) is 27.1. The summed E-state index contributed by atoms with van der Waals surface area (Å²) in [4.78, 5) is 11.6. The molecule has 2 fully saturated rings. The van der Waals surface area contributed by atoms with Crippen LogP contribution in [0.4, 0.5) is 0 Å². The van der Waals surface area contributed by atoms with Crippen LogP contribution in [0.25, 0.3) is 0 Å². The van der Waals surface area contributed by atoms with Crippen molar-refractivity contribution in [3.63, 3.8) is 0 Å². The number of carbonyl (C=O) groups excluding carboxylic acids is 1. The Hall–Kier alpha value is -0.320. The third-order valence-electron chi connectivity index (χ3n) is 2.85. The van der Waals surface area contributed by atoms with Crippen molar-refractivity contribution in [1.29, 1.82) is 0 Å². The van der Waals surface area contributed by atoms with E-state index < -0.39 is 0 Å². The SMILES string of the molecule is Cl.O=C(OC1CCNC1)C1CCOCC1. The van der Waals surface area contributed by atoms with Gasteiger partial charge in [-0.1, -0.05) is 0 Å². The second-order valence-corrected chi connectivity index (χ2v) is 3.94. The zero-order valence-electron chi connectivity index (χ0n) is 8.74. The van der Waals surface area contributed by atoms with Crippen LogP contribution in [0.2, 0.25) is 0 Å². The summed E-state index contributed by atoms with van der Waals surface area (Å²) >= 11 is 0. The van der Waals surface area contributed by atoms with Gasteiger partial charge in [-0.25, -0.2) is 0 Å². The Bertz CT molecular complexity index is 201. The monoisotopic (exact) mass is 235 g/mol. The molecule has 15 heavy (non-hydrogen) atoms. The molecule has 88 valence electrons. The molecule has 0 aliphatic carbocycles. The van der Waals surface area contributed by atoms with Gasteiger partial charge in [0, 0.05) is 19.8 Å². The Kier molecular flexibility index (Phi) is 5.36. The van der Waals surface area contributed by atoms with Crippen molar-refractivity contribution in [2.45, 2.75) is 25.4 Å². The van der Waals surface area contributed by atoms with E-state index in [0.29, 0.717) is 13.2 Å². The van der Waals surface area contributed by atoms with E-state index in [1.807, 2.05) is 0 Å². The van der Waals surface area contributed by atoms with E-state index in [0.717, 1.165) is 32.4 Å². The first-order chi connectivity index (χ1) is 6.86. The molecule has 2 aliphatic rings. The van der Waals surface area contributed by atoms with Crippen molar-refractivity contribution < 1.29 is 14.3 Å². The van der Waals surface area contributed by atoms with Gasteiger partial charge in [0.05, 0.1) is 5.92 Å². The lowest BCUT2D eigenvalue weighted by molar-refractivity contribution is -0.156. The van der Waals surface area contributed by atoms with Gasteiger partial charge in [0.25, 0.3) is 0 Å². The second-order valence-electron chi connectivity index (χ2n) is 3.94. The summed E-state index contributed by atoms with van der Waals surface area (Å²) in [5.74, 6) is 0.0475. The van der Waals surface area contributed by atoms with Gasteiger partial charge in [0.15, 0.2) is 0 Å². The Morgan fingerprint density at radius 1 is 1.27 bits per heavy atom. The molecule has 2 saturated heterocycles. The van der Waals surface area contributed by atoms with Crippen LogP contribution in [0.15, 0.2) is 0 Å². The van der Waals surface area contributed by atoms with Gasteiger partial charge >= 0.3 is 5.97 Å². The molecule has 4 nitrogen and oxygen atoms in total. The Morgan fingerprint density at radius 3 is 2.60 bits per heavy atom. The van der Waals surface area contributed by atoms with Crippen molar-refractivity contribution in [2.75, 3.05) is 26.3 Å². The largest absolute Gasteiger partial charge is 0.461 e. The first-order valence-electron chi connectivity index (χ1n) is 5.35. The molecular formula is C10H18ClNO3. The topological polar surface area (TPSA) is 47.6 Å². The van der Waals surface area contributed by atoms with Gasteiger partial charge in [-0.15, -0.1) is 12.4 Å². The van der Waals surface area contributed by atoms with E-state index in [2.05, 4.69) is 5.32 Å². The molecule has 0 aromatic heterocycles.